The fourth-order valence-electron chi connectivity index (χ4n) is 3.50. The Morgan fingerprint density at radius 2 is 1.89 bits per heavy atom. The highest BCUT2D eigenvalue weighted by Gasteiger charge is 2.19. The average molecular weight is 368 g/mol. The zero-order valence-electron chi connectivity index (χ0n) is 15.1. The van der Waals surface area contributed by atoms with Crippen LogP contribution in [0.5, 0.6) is 0 Å². The van der Waals surface area contributed by atoms with Gasteiger partial charge in [0, 0.05) is 36.4 Å². The molecule has 8 heteroatoms. The van der Waals surface area contributed by atoms with Crippen LogP contribution in [0, 0.1) is 0 Å². The van der Waals surface area contributed by atoms with Gasteiger partial charge >= 0.3 is 0 Å². The van der Waals surface area contributed by atoms with Gasteiger partial charge in [-0.25, -0.2) is 0 Å². The predicted octanol–water partition coefficient (Wildman–Crippen LogP) is 1.85. The number of anilines is 2. The van der Waals surface area contributed by atoms with Crippen molar-refractivity contribution in [2.45, 2.75) is 6.54 Å². The number of aromatic nitrogens is 3. The molecule has 7 nitrogen and oxygen atoms in total. The number of hydrogen-bond donors (Lipinski definition) is 3. The van der Waals surface area contributed by atoms with Crippen molar-refractivity contribution in [1.29, 1.82) is 0 Å². The maximum atomic E-state index is 11.7. The number of carbonyl (C=O) groups is 1. The van der Waals surface area contributed by atoms with E-state index in [1.54, 1.807) is 6.07 Å². The third-order valence-corrected chi connectivity index (χ3v) is 5.00. The van der Waals surface area contributed by atoms with Gasteiger partial charge in [0.05, 0.1) is 0 Å². The Labute approximate surface area is 163 Å². The summed E-state index contributed by atoms with van der Waals surface area (Å²) < 4.78 is 1.23. The molecule has 0 aliphatic carbocycles. The lowest BCUT2D eigenvalue weighted by Crippen LogP contribution is -2.12. The standard InChI is InChI=1S/C20H17BN6O/c21-27-20(24-16-5-6-17-15(9-16)11-23-19(17)28)25-18(26-27)13-3-1-12(2-4-13)14-7-8-22-10-14/h1-7,9,22H,8,10-11H2,(H,23,28)(H,24,25,26). The van der Waals surface area contributed by atoms with E-state index in [1.807, 2.05) is 24.3 Å². The van der Waals surface area contributed by atoms with Crippen LogP contribution in [0.25, 0.3) is 17.0 Å². The van der Waals surface area contributed by atoms with Crippen LogP contribution in [0.4, 0.5) is 11.6 Å². The number of nitrogens with one attached hydrogen (secondary N) is 3. The van der Waals surface area contributed by atoms with E-state index in [2.05, 4.69) is 44.2 Å². The second kappa shape index (κ2) is 6.65. The maximum absolute atomic E-state index is 11.7. The summed E-state index contributed by atoms with van der Waals surface area (Å²) in [6.07, 6.45) is 2.20. The molecule has 0 saturated carbocycles. The first-order valence-corrected chi connectivity index (χ1v) is 9.08. The highest BCUT2D eigenvalue weighted by Crippen LogP contribution is 2.25. The summed E-state index contributed by atoms with van der Waals surface area (Å²) in [4.78, 5) is 16.2. The van der Waals surface area contributed by atoms with Crippen LogP contribution in [0.3, 0.4) is 0 Å². The van der Waals surface area contributed by atoms with Gasteiger partial charge in [-0.15, -0.1) is 0 Å². The zero-order valence-corrected chi connectivity index (χ0v) is 15.1. The van der Waals surface area contributed by atoms with Crippen LogP contribution in [-0.4, -0.2) is 41.7 Å². The van der Waals surface area contributed by atoms with Crippen LogP contribution < -0.4 is 16.0 Å². The summed E-state index contributed by atoms with van der Waals surface area (Å²) in [5.41, 5.74) is 5.84. The fraction of sp³-hybridized carbons (Fsp3) is 0.150. The molecule has 0 spiro atoms. The SMILES string of the molecule is [B]n1nc(-c2ccc(C3=CCNC3)cc2)nc1Nc1ccc2c(c1)CNC2=O. The van der Waals surface area contributed by atoms with Crippen molar-refractivity contribution < 1.29 is 4.79 Å². The first kappa shape index (κ1) is 16.8. The summed E-state index contributed by atoms with van der Waals surface area (Å²) in [6, 6.07) is 13.7. The van der Waals surface area contributed by atoms with Crippen LogP contribution >= 0.6 is 0 Å². The molecule has 136 valence electrons. The van der Waals surface area contributed by atoms with Crippen molar-refractivity contribution in [2.75, 3.05) is 18.4 Å². The minimum atomic E-state index is -0.0431. The molecule has 0 fully saturated rings. The molecule has 3 heterocycles. The van der Waals surface area contributed by atoms with E-state index in [9.17, 15) is 4.79 Å². The first-order valence-electron chi connectivity index (χ1n) is 9.08. The van der Waals surface area contributed by atoms with Gasteiger partial charge in [-0.05, 0) is 34.9 Å². The quantitative estimate of drug-likeness (QED) is 0.613. The molecule has 0 bridgehead atoms. The van der Waals surface area contributed by atoms with Crippen molar-refractivity contribution in [2.24, 2.45) is 0 Å². The van der Waals surface area contributed by atoms with Crippen molar-refractivity contribution in [1.82, 2.24) is 25.3 Å². The molecule has 0 saturated heterocycles. The van der Waals surface area contributed by atoms with Gasteiger partial charge in [-0.3, -0.25) is 9.39 Å². The number of hydrogen-bond acceptors (Lipinski definition) is 5. The summed E-state index contributed by atoms with van der Waals surface area (Å²) in [6.45, 7) is 2.34. The Kier molecular flexibility index (Phi) is 3.98. The van der Waals surface area contributed by atoms with E-state index < -0.39 is 0 Å². The second-order valence-corrected chi connectivity index (χ2v) is 6.82. The summed E-state index contributed by atoms with van der Waals surface area (Å²) in [5.74, 6) is 0.936. The lowest BCUT2D eigenvalue weighted by Gasteiger charge is -2.06. The molecule has 0 unspecified atom stereocenters. The third kappa shape index (κ3) is 2.97. The summed E-state index contributed by atoms with van der Waals surface area (Å²) in [5, 5.41) is 13.6. The second-order valence-electron chi connectivity index (χ2n) is 6.82. The molecule has 2 aliphatic heterocycles. The minimum absolute atomic E-state index is 0.0431. The molecule has 2 radical (unpaired) electrons. The zero-order chi connectivity index (χ0) is 19.1. The van der Waals surface area contributed by atoms with E-state index in [0.29, 0.717) is 23.9 Å². The molecule has 2 aromatic carbocycles. The molecule has 5 rings (SSSR count). The monoisotopic (exact) mass is 368 g/mol. The molecule has 28 heavy (non-hydrogen) atoms. The number of amides is 1. The van der Waals surface area contributed by atoms with Crippen LogP contribution in [0.1, 0.15) is 21.5 Å². The molecule has 2 aliphatic rings. The van der Waals surface area contributed by atoms with E-state index in [0.717, 1.165) is 29.9 Å². The van der Waals surface area contributed by atoms with Gasteiger partial charge in [0.2, 0.25) is 5.95 Å². The highest BCUT2D eigenvalue weighted by molar-refractivity contribution is 6.07. The van der Waals surface area contributed by atoms with E-state index in [1.165, 1.54) is 15.7 Å². The van der Waals surface area contributed by atoms with Gasteiger partial charge in [0.15, 0.2) is 5.82 Å². The number of benzene rings is 2. The largest absolute Gasteiger partial charge is 0.348 e. The Hall–Kier alpha value is -3.39. The first-order chi connectivity index (χ1) is 13.7. The number of nitrogens with zero attached hydrogens (tertiary/aromatic N) is 3. The van der Waals surface area contributed by atoms with Gasteiger partial charge in [-0.2, -0.15) is 10.1 Å². The Bertz CT molecular complexity index is 1100. The molecular formula is C20H17BN6O. The van der Waals surface area contributed by atoms with E-state index in [4.69, 9.17) is 7.98 Å². The molecule has 3 N–H and O–H groups in total. The smallest absolute Gasteiger partial charge is 0.269 e. The molecule has 3 aromatic rings. The average Bonchev–Trinajstić information content (AvgIpc) is 3.44. The topological polar surface area (TPSA) is 83.9 Å². The molecule has 0 atom stereocenters. The van der Waals surface area contributed by atoms with E-state index in [-0.39, 0.29) is 5.91 Å². The van der Waals surface area contributed by atoms with Crippen LogP contribution in [0.2, 0.25) is 0 Å². The number of rotatable bonds is 4. The van der Waals surface area contributed by atoms with E-state index >= 15 is 0 Å². The third-order valence-electron chi connectivity index (χ3n) is 5.00. The minimum Gasteiger partial charge on any atom is -0.348 e. The van der Waals surface area contributed by atoms with Gasteiger partial charge in [0.1, 0.15) is 0 Å². The summed E-state index contributed by atoms with van der Waals surface area (Å²) in [7, 11) is 5.99. The van der Waals surface area contributed by atoms with Crippen molar-refractivity contribution in [3.63, 3.8) is 0 Å². The normalized spacial score (nSPS) is 15.3. The molecular weight excluding hydrogens is 351 g/mol. The highest BCUT2D eigenvalue weighted by atomic mass is 16.1. The van der Waals surface area contributed by atoms with Crippen molar-refractivity contribution in [3.8, 4) is 11.4 Å². The Morgan fingerprint density at radius 1 is 1.07 bits per heavy atom. The predicted molar refractivity (Wildman–Crippen MR) is 108 cm³/mol. The van der Waals surface area contributed by atoms with Gasteiger partial charge < -0.3 is 16.0 Å². The maximum Gasteiger partial charge on any atom is 0.269 e. The number of carbonyl (C=O) groups excluding carboxylic acids is 1. The van der Waals surface area contributed by atoms with Gasteiger partial charge in [-0.1, -0.05) is 30.3 Å². The van der Waals surface area contributed by atoms with Crippen LogP contribution in [0.15, 0.2) is 48.5 Å². The Balaban J connectivity index is 1.38. The molecule has 1 aromatic heterocycles. The number of fused-ring (bicyclic) bond motifs is 1. The molecule has 1 amide bonds. The van der Waals surface area contributed by atoms with Crippen LogP contribution in [-0.2, 0) is 6.54 Å². The fourth-order valence-corrected chi connectivity index (χ4v) is 3.50. The lowest BCUT2D eigenvalue weighted by atomic mass is 10.0. The van der Waals surface area contributed by atoms with Crippen molar-refractivity contribution >= 4 is 31.1 Å². The lowest BCUT2D eigenvalue weighted by molar-refractivity contribution is 0.0966. The Morgan fingerprint density at radius 3 is 2.68 bits per heavy atom. The van der Waals surface area contributed by atoms with Gasteiger partial charge in [0.25, 0.3) is 13.9 Å². The van der Waals surface area contributed by atoms with Crippen molar-refractivity contribution in [3.05, 3.63) is 65.2 Å². The summed E-state index contributed by atoms with van der Waals surface area (Å²) >= 11 is 0.